The van der Waals surface area contributed by atoms with Crippen molar-refractivity contribution in [3.8, 4) is 5.69 Å². The molecule has 0 saturated carbocycles. The Labute approximate surface area is 199 Å². The molecule has 1 atom stereocenters. The normalized spacial score (nSPS) is 17.6. The molecule has 1 fully saturated rings. The molecule has 1 aliphatic heterocycles. The van der Waals surface area contributed by atoms with Crippen molar-refractivity contribution in [2.75, 3.05) is 26.2 Å². The van der Waals surface area contributed by atoms with Crippen molar-refractivity contribution in [1.82, 2.24) is 19.7 Å². The van der Waals surface area contributed by atoms with Crippen LogP contribution in [0.25, 0.3) is 11.4 Å². The Morgan fingerprint density at radius 1 is 1.06 bits per heavy atom. The summed E-state index contributed by atoms with van der Waals surface area (Å²) in [5, 5.41) is 15.8. The molecule has 0 spiro atoms. The van der Waals surface area contributed by atoms with Crippen LogP contribution in [0.2, 0.25) is 0 Å². The molecule has 0 bridgehead atoms. The maximum atomic E-state index is 13.2. The molecule has 0 unspecified atom stereocenters. The highest BCUT2D eigenvalue weighted by Gasteiger charge is 2.46. The number of carbonyl (C=O) groups is 2. The van der Waals surface area contributed by atoms with E-state index in [0.29, 0.717) is 29.9 Å². The predicted molar refractivity (Wildman–Crippen MR) is 128 cm³/mol. The molecular formula is C26H30N5O3+. The Kier molecular flexibility index (Phi) is 6.88. The summed E-state index contributed by atoms with van der Waals surface area (Å²) in [6.45, 7) is 8.99. The standard InChI is InChI=1S/C26H29N5O3/c1-4-29(5-2)14-15-30-23(19-10-9-13-27-16-19)22(25(33)26(30)34)24(32)21-17-28-31(18(21)3)20-11-7-6-8-12-20/h6-13,16-17,23,32H,4-5,14-15H2,1-3H3/p+1/b24-22-/t23-/m0/s1. The minimum atomic E-state index is -0.705. The molecule has 176 valence electrons. The lowest BCUT2D eigenvalue weighted by atomic mass is 9.96. The van der Waals surface area contributed by atoms with Crippen LogP contribution in [-0.2, 0) is 9.59 Å². The summed E-state index contributed by atoms with van der Waals surface area (Å²) in [5.74, 6) is -1.51. The first-order valence-corrected chi connectivity index (χ1v) is 11.6. The largest absolute Gasteiger partial charge is 0.507 e. The van der Waals surface area contributed by atoms with Crippen molar-refractivity contribution in [1.29, 1.82) is 0 Å². The van der Waals surface area contributed by atoms with Crippen LogP contribution in [0.1, 0.15) is 36.7 Å². The van der Waals surface area contributed by atoms with Crippen LogP contribution in [0, 0.1) is 6.92 Å². The van der Waals surface area contributed by atoms with Gasteiger partial charge in [-0.25, -0.2) is 4.68 Å². The Morgan fingerprint density at radius 3 is 2.44 bits per heavy atom. The van der Waals surface area contributed by atoms with Crippen molar-refractivity contribution in [3.63, 3.8) is 0 Å². The SMILES string of the molecule is CC[NH+](CC)CCN1C(=O)C(=O)/C(=C(\O)c2cnn(-c3ccccc3)c2C)[C@@H]1c1cccnc1. The summed E-state index contributed by atoms with van der Waals surface area (Å²) >= 11 is 0. The second-order valence-electron chi connectivity index (χ2n) is 8.38. The molecule has 3 aromatic rings. The molecule has 1 amide bonds. The highest BCUT2D eigenvalue weighted by Crippen LogP contribution is 2.39. The van der Waals surface area contributed by atoms with Crippen molar-refractivity contribution >= 4 is 17.4 Å². The average molecular weight is 461 g/mol. The molecule has 0 aliphatic carbocycles. The number of aromatic nitrogens is 3. The van der Waals surface area contributed by atoms with Gasteiger partial charge in [-0.15, -0.1) is 0 Å². The summed E-state index contributed by atoms with van der Waals surface area (Å²) in [6, 6.07) is 12.4. The van der Waals surface area contributed by atoms with Gasteiger partial charge < -0.3 is 14.9 Å². The number of benzene rings is 1. The molecule has 3 heterocycles. The fraction of sp³-hybridized carbons (Fsp3) is 0.308. The number of hydrogen-bond donors (Lipinski definition) is 2. The van der Waals surface area contributed by atoms with Gasteiger partial charge in [0.15, 0.2) is 0 Å². The second kappa shape index (κ2) is 10.0. The minimum absolute atomic E-state index is 0.0725. The number of hydrogen-bond acceptors (Lipinski definition) is 5. The number of rotatable bonds is 8. The first-order valence-electron chi connectivity index (χ1n) is 11.6. The van der Waals surface area contributed by atoms with Gasteiger partial charge in [0.05, 0.1) is 60.9 Å². The Morgan fingerprint density at radius 2 is 1.79 bits per heavy atom. The van der Waals surface area contributed by atoms with E-state index in [1.807, 2.05) is 43.3 Å². The summed E-state index contributed by atoms with van der Waals surface area (Å²) < 4.78 is 1.70. The van der Waals surface area contributed by atoms with Gasteiger partial charge in [-0.05, 0) is 44.5 Å². The number of aliphatic hydroxyl groups excluding tert-OH is 1. The number of aliphatic hydroxyl groups is 1. The summed E-state index contributed by atoms with van der Waals surface area (Å²) in [6.07, 6.45) is 4.82. The van der Waals surface area contributed by atoms with E-state index in [4.69, 9.17) is 0 Å². The molecular weight excluding hydrogens is 430 g/mol. The molecule has 8 nitrogen and oxygen atoms in total. The number of nitrogens with one attached hydrogen (secondary N) is 1. The van der Waals surface area contributed by atoms with Crippen molar-refractivity contribution < 1.29 is 19.6 Å². The van der Waals surface area contributed by atoms with Crippen LogP contribution >= 0.6 is 0 Å². The number of nitrogens with zero attached hydrogens (tertiary/aromatic N) is 4. The molecule has 4 rings (SSSR count). The van der Waals surface area contributed by atoms with Gasteiger partial charge >= 0.3 is 0 Å². The van der Waals surface area contributed by atoms with E-state index >= 15 is 0 Å². The minimum Gasteiger partial charge on any atom is -0.507 e. The van der Waals surface area contributed by atoms with E-state index in [9.17, 15) is 14.7 Å². The zero-order valence-electron chi connectivity index (χ0n) is 19.7. The zero-order chi connectivity index (χ0) is 24.2. The van der Waals surface area contributed by atoms with Gasteiger partial charge in [0, 0.05) is 12.4 Å². The van der Waals surface area contributed by atoms with Crippen LogP contribution in [0.3, 0.4) is 0 Å². The Balaban J connectivity index is 1.79. The first-order chi connectivity index (χ1) is 16.5. The quantitative estimate of drug-likeness (QED) is 0.304. The zero-order valence-corrected chi connectivity index (χ0v) is 19.7. The molecule has 1 saturated heterocycles. The molecule has 34 heavy (non-hydrogen) atoms. The van der Waals surface area contributed by atoms with E-state index in [2.05, 4.69) is 23.9 Å². The fourth-order valence-electron chi connectivity index (χ4n) is 4.49. The number of ketones is 1. The third kappa shape index (κ3) is 4.24. The topological polar surface area (TPSA) is 92.8 Å². The molecule has 2 N–H and O–H groups in total. The summed E-state index contributed by atoms with van der Waals surface area (Å²) in [5.41, 5.74) is 2.69. The first kappa shape index (κ1) is 23.4. The number of likely N-dealkylation sites (N-methyl/N-ethyl adjacent to an activating group) is 1. The summed E-state index contributed by atoms with van der Waals surface area (Å²) in [4.78, 5) is 33.4. The lowest BCUT2D eigenvalue weighted by molar-refractivity contribution is -0.895. The van der Waals surface area contributed by atoms with Crippen molar-refractivity contribution in [2.45, 2.75) is 26.8 Å². The van der Waals surface area contributed by atoms with Crippen LogP contribution in [0.5, 0.6) is 0 Å². The van der Waals surface area contributed by atoms with Crippen LogP contribution < -0.4 is 4.90 Å². The van der Waals surface area contributed by atoms with E-state index in [1.54, 1.807) is 28.0 Å². The fourth-order valence-corrected chi connectivity index (χ4v) is 4.49. The molecule has 1 aliphatic rings. The lowest BCUT2D eigenvalue weighted by Crippen LogP contribution is -3.12. The second-order valence-corrected chi connectivity index (χ2v) is 8.38. The lowest BCUT2D eigenvalue weighted by Gasteiger charge is -2.26. The number of Topliss-reactive ketones (excluding diaryl/α,β-unsaturated/α-hetero) is 1. The average Bonchev–Trinajstić information content (AvgIpc) is 3.38. The number of amides is 1. The van der Waals surface area contributed by atoms with E-state index in [0.717, 1.165) is 18.8 Å². The number of para-hydroxylation sites is 1. The van der Waals surface area contributed by atoms with E-state index < -0.39 is 17.7 Å². The van der Waals surface area contributed by atoms with E-state index in [-0.39, 0.29) is 11.3 Å². The molecule has 8 heteroatoms. The van der Waals surface area contributed by atoms with Gasteiger partial charge in [0.2, 0.25) is 0 Å². The third-order valence-corrected chi connectivity index (χ3v) is 6.51. The van der Waals surface area contributed by atoms with Crippen LogP contribution in [0.4, 0.5) is 0 Å². The van der Waals surface area contributed by atoms with E-state index in [1.165, 1.54) is 11.1 Å². The van der Waals surface area contributed by atoms with Gasteiger partial charge in [0.1, 0.15) is 5.76 Å². The number of carbonyl (C=O) groups excluding carboxylic acids is 2. The van der Waals surface area contributed by atoms with Gasteiger partial charge in [-0.1, -0.05) is 24.3 Å². The van der Waals surface area contributed by atoms with Crippen LogP contribution in [-0.4, -0.2) is 62.6 Å². The van der Waals surface area contributed by atoms with Crippen molar-refractivity contribution in [2.24, 2.45) is 0 Å². The van der Waals surface area contributed by atoms with Gasteiger partial charge in [0.25, 0.3) is 11.7 Å². The molecule has 2 aromatic heterocycles. The maximum absolute atomic E-state index is 13.2. The number of quaternary nitrogens is 1. The predicted octanol–water partition coefficient (Wildman–Crippen LogP) is 1.92. The van der Waals surface area contributed by atoms with Gasteiger partial charge in [-0.3, -0.25) is 14.6 Å². The van der Waals surface area contributed by atoms with Crippen LogP contribution in [0.15, 0.2) is 66.6 Å². The monoisotopic (exact) mass is 460 g/mol. The Bertz CT molecular complexity index is 1200. The molecule has 0 radical (unpaired) electrons. The van der Waals surface area contributed by atoms with Crippen molar-refractivity contribution in [3.05, 3.63) is 83.4 Å². The summed E-state index contributed by atoms with van der Waals surface area (Å²) in [7, 11) is 0. The number of pyridine rings is 1. The highest BCUT2D eigenvalue weighted by molar-refractivity contribution is 6.46. The molecule has 1 aromatic carbocycles. The smallest absolute Gasteiger partial charge is 0.295 e. The third-order valence-electron chi connectivity index (χ3n) is 6.51. The highest BCUT2D eigenvalue weighted by atomic mass is 16.3. The maximum Gasteiger partial charge on any atom is 0.295 e. The Hall–Kier alpha value is -3.78. The number of likely N-dealkylation sites (tertiary alicyclic amines) is 1. The van der Waals surface area contributed by atoms with Gasteiger partial charge in [-0.2, -0.15) is 5.10 Å².